The van der Waals surface area contributed by atoms with Crippen LogP contribution in [0.15, 0.2) is 40.9 Å². The fraction of sp³-hybridized carbons (Fsp3) is 0.462. The highest BCUT2D eigenvalue weighted by Gasteiger charge is 2.45. The molecule has 34 heavy (non-hydrogen) atoms. The first-order chi connectivity index (χ1) is 16.1. The van der Waals surface area contributed by atoms with Crippen LogP contribution in [-0.2, 0) is 29.2 Å². The molecule has 5 nitrogen and oxygen atoms in total. The lowest BCUT2D eigenvalue weighted by atomic mass is 9.97. The molecule has 1 aliphatic rings. The van der Waals surface area contributed by atoms with Crippen LogP contribution >= 0.6 is 11.3 Å². The van der Waals surface area contributed by atoms with E-state index in [4.69, 9.17) is 0 Å². The fourth-order valence-corrected chi connectivity index (χ4v) is 8.43. The molecule has 2 heterocycles. The lowest BCUT2D eigenvalue weighted by Gasteiger charge is -2.31. The number of aliphatic hydroxyl groups is 1. The van der Waals surface area contributed by atoms with Crippen molar-refractivity contribution >= 4 is 21.2 Å². The Morgan fingerprint density at radius 2 is 2.09 bits per heavy atom. The zero-order chi connectivity index (χ0) is 24.5. The molecule has 1 saturated carbocycles. The Balaban J connectivity index is 1.75. The third kappa shape index (κ3) is 4.86. The predicted molar refractivity (Wildman–Crippen MR) is 134 cm³/mol. The Morgan fingerprint density at radius 1 is 1.29 bits per heavy atom. The van der Waals surface area contributed by atoms with E-state index in [1.165, 1.54) is 17.4 Å². The Labute approximate surface area is 205 Å². The van der Waals surface area contributed by atoms with Crippen LogP contribution < -0.4 is 0 Å². The lowest BCUT2D eigenvalue weighted by Crippen LogP contribution is -2.40. The molecule has 183 valence electrons. The predicted octanol–water partition coefficient (Wildman–Crippen LogP) is 5.80. The van der Waals surface area contributed by atoms with Gasteiger partial charge in [-0.25, -0.2) is 17.8 Å². The summed E-state index contributed by atoms with van der Waals surface area (Å²) < 4.78 is 44.6. The third-order valence-electron chi connectivity index (χ3n) is 6.36. The average molecular weight is 504 g/mol. The average Bonchev–Trinajstić information content (AvgIpc) is 3.42. The molecule has 8 heteroatoms. The Hall–Kier alpha value is -2.03. The number of hydrogen-bond donors (Lipinski definition) is 1. The number of nitrogens with zero attached hydrogens (tertiary/aromatic N) is 2. The molecule has 1 aromatic carbocycles. The summed E-state index contributed by atoms with van der Waals surface area (Å²) in [4.78, 5) is 3.40. The van der Waals surface area contributed by atoms with Gasteiger partial charge in [0.25, 0.3) is 0 Å². The van der Waals surface area contributed by atoms with Gasteiger partial charge in [-0.05, 0) is 62.1 Å². The molecule has 0 saturated heterocycles. The maximum Gasteiger partial charge on any atom is 0.217 e. The zero-order valence-corrected chi connectivity index (χ0v) is 21.6. The number of aryl methyl sites for hydroxylation is 1. The first kappa shape index (κ1) is 25.1. The number of imidazole rings is 1. The minimum absolute atomic E-state index is 0.115. The molecule has 2 aromatic heterocycles. The topological polar surface area (TPSA) is 72.2 Å². The highest BCUT2D eigenvalue weighted by atomic mass is 32.2. The number of rotatable bonds is 8. The van der Waals surface area contributed by atoms with Gasteiger partial charge < -0.3 is 9.67 Å². The van der Waals surface area contributed by atoms with Crippen molar-refractivity contribution in [2.75, 3.05) is 0 Å². The molecule has 1 aliphatic carbocycles. The van der Waals surface area contributed by atoms with Crippen LogP contribution in [0.1, 0.15) is 62.7 Å². The van der Waals surface area contributed by atoms with Crippen LogP contribution in [0.3, 0.4) is 0 Å². The summed E-state index contributed by atoms with van der Waals surface area (Å²) in [5.74, 6) is 0.832. The zero-order valence-electron chi connectivity index (χ0n) is 19.9. The van der Waals surface area contributed by atoms with Crippen molar-refractivity contribution in [3.05, 3.63) is 65.2 Å². The minimum atomic E-state index is -4.02. The van der Waals surface area contributed by atoms with Crippen LogP contribution in [0.4, 0.5) is 4.39 Å². The highest BCUT2D eigenvalue weighted by Crippen LogP contribution is 2.44. The minimum Gasteiger partial charge on any atom is -0.374 e. The molecule has 0 aliphatic heterocycles. The van der Waals surface area contributed by atoms with E-state index in [0.717, 1.165) is 30.0 Å². The van der Waals surface area contributed by atoms with Gasteiger partial charge in [0, 0.05) is 34.8 Å². The number of sulfone groups is 1. The molecule has 4 rings (SSSR count). The molecule has 1 unspecified atom stereocenters. The van der Waals surface area contributed by atoms with Crippen LogP contribution in [0.2, 0.25) is 0 Å². The molecule has 0 spiro atoms. The number of benzene rings is 1. The number of hydrogen-bond acceptors (Lipinski definition) is 5. The molecule has 1 radical (unpaired) electrons. The monoisotopic (exact) mass is 503 g/mol. The molecule has 1 N–H and O–H groups in total. The summed E-state index contributed by atoms with van der Waals surface area (Å²) in [5.41, 5.74) is 1.50. The number of aromatic nitrogens is 2. The van der Waals surface area contributed by atoms with Crippen LogP contribution in [0.25, 0.3) is 11.1 Å². The summed E-state index contributed by atoms with van der Waals surface area (Å²) in [6, 6.07) is 6.75. The van der Waals surface area contributed by atoms with E-state index in [0.29, 0.717) is 35.6 Å². The first-order valence-electron chi connectivity index (χ1n) is 11.8. The molecule has 0 bridgehead atoms. The highest BCUT2D eigenvalue weighted by molar-refractivity contribution is 7.94. The van der Waals surface area contributed by atoms with E-state index in [-0.39, 0.29) is 17.1 Å². The second-order valence-corrected chi connectivity index (χ2v) is 13.0. The van der Waals surface area contributed by atoms with E-state index < -0.39 is 20.6 Å². The summed E-state index contributed by atoms with van der Waals surface area (Å²) in [6.45, 7) is 6.51. The van der Waals surface area contributed by atoms with Crippen molar-refractivity contribution in [1.82, 2.24) is 9.55 Å². The van der Waals surface area contributed by atoms with Crippen molar-refractivity contribution < 1.29 is 17.9 Å². The molecule has 0 amide bonds. The Bertz CT molecular complexity index is 1250. The van der Waals surface area contributed by atoms with E-state index in [2.05, 4.69) is 18.8 Å². The van der Waals surface area contributed by atoms with Gasteiger partial charge in [0.2, 0.25) is 9.84 Å². The van der Waals surface area contributed by atoms with E-state index in [1.54, 1.807) is 18.3 Å². The standard InChI is InChI=1S/C26H32FN2O3S2/c1-4-24-28-12-13-29(24)17-20-9-8-19(15-23(20)27)22-16-21(14-18(2)3)33-25(22)34(31,32)26(30)10-6-5-7-11-26/h6,8-9,12-13,15-16,18,30H,4-5,7,10-11,14,17H2,1-3H3. The van der Waals surface area contributed by atoms with Crippen molar-refractivity contribution in [1.29, 1.82) is 0 Å². The van der Waals surface area contributed by atoms with Gasteiger partial charge in [-0.2, -0.15) is 0 Å². The summed E-state index contributed by atoms with van der Waals surface area (Å²) in [6.07, 6.45) is 8.61. The van der Waals surface area contributed by atoms with E-state index in [9.17, 15) is 13.5 Å². The lowest BCUT2D eigenvalue weighted by molar-refractivity contribution is 0.0993. The van der Waals surface area contributed by atoms with Crippen LogP contribution in [-0.4, -0.2) is 28.0 Å². The van der Waals surface area contributed by atoms with Gasteiger partial charge in [-0.1, -0.05) is 32.9 Å². The SMILES string of the molecule is CCc1nccn1Cc1ccc(-c2cc(CC(C)C)sc2S(=O)(=O)C2(O)C[CH]CCC2)cc1F. The summed E-state index contributed by atoms with van der Waals surface area (Å²) in [5, 5.41) is 11.1. The Morgan fingerprint density at radius 3 is 2.74 bits per heavy atom. The molecule has 1 fully saturated rings. The number of halogens is 1. The van der Waals surface area contributed by atoms with Crippen molar-refractivity contribution in [3.8, 4) is 11.1 Å². The van der Waals surface area contributed by atoms with Crippen molar-refractivity contribution in [2.24, 2.45) is 5.92 Å². The van der Waals surface area contributed by atoms with Crippen molar-refractivity contribution in [3.63, 3.8) is 0 Å². The second kappa shape index (κ2) is 9.91. The fourth-order valence-electron chi connectivity index (χ4n) is 4.52. The van der Waals surface area contributed by atoms with Gasteiger partial charge in [0.05, 0.1) is 6.54 Å². The second-order valence-electron chi connectivity index (χ2n) is 9.48. The van der Waals surface area contributed by atoms with Gasteiger partial charge in [-0.3, -0.25) is 0 Å². The van der Waals surface area contributed by atoms with E-state index >= 15 is 4.39 Å². The maximum atomic E-state index is 15.2. The largest absolute Gasteiger partial charge is 0.374 e. The first-order valence-corrected chi connectivity index (χ1v) is 14.1. The quantitative estimate of drug-likeness (QED) is 0.422. The third-order valence-corrected chi connectivity index (χ3v) is 10.3. The van der Waals surface area contributed by atoms with Crippen LogP contribution in [0.5, 0.6) is 0 Å². The van der Waals surface area contributed by atoms with Gasteiger partial charge in [0.1, 0.15) is 15.9 Å². The molecular weight excluding hydrogens is 471 g/mol. The van der Waals surface area contributed by atoms with E-state index in [1.807, 2.05) is 30.2 Å². The smallest absolute Gasteiger partial charge is 0.217 e. The molecular formula is C26H32FN2O3S2. The maximum absolute atomic E-state index is 15.2. The van der Waals surface area contributed by atoms with Crippen LogP contribution in [0, 0.1) is 18.2 Å². The van der Waals surface area contributed by atoms with Gasteiger partial charge in [-0.15, -0.1) is 11.3 Å². The normalized spacial score (nSPS) is 16.3. The summed E-state index contributed by atoms with van der Waals surface area (Å²) in [7, 11) is -4.02. The van der Waals surface area contributed by atoms with Gasteiger partial charge in [0.15, 0.2) is 4.93 Å². The molecule has 1 atom stereocenters. The summed E-state index contributed by atoms with van der Waals surface area (Å²) >= 11 is 1.20. The number of thiophene rings is 1. The van der Waals surface area contributed by atoms with Crippen molar-refractivity contribution in [2.45, 2.75) is 75.0 Å². The van der Waals surface area contributed by atoms with Gasteiger partial charge >= 0.3 is 0 Å². The molecule has 3 aromatic rings. The Kier molecular flexibility index (Phi) is 7.31.